The zero-order chi connectivity index (χ0) is 11.3. The number of hydrogen-bond donors (Lipinski definition) is 1. The lowest BCUT2D eigenvalue weighted by Gasteiger charge is -2.10. The second kappa shape index (κ2) is 5.26. The summed E-state index contributed by atoms with van der Waals surface area (Å²) in [6.07, 6.45) is 0.982. The van der Waals surface area contributed by atoms with Gasteiger partial charge < -0.3 is 10.5 Å². The highest BCUT2D eigenvalue weighted by atomic mass is 16.5. The molecule has 0 aliphatic heterocycles. The lowest BCUT2D eigenvalue weighted by atomic mass is 10.1. The molecule has 0 atom stereocenters. The maximum atomic E-state index is 8.72. The zero-order valence-corrected chi connectivity index (χ0v) is 9.16. The van der Waals surface area contributed by atoms with Crippen LogP contribution in [0.3, 0.4) is 0 Å². The Bertz CT molecular complexity index is 366. The van der Waals surface area contributed by atoms with Crippen molar-refractivity contribution < 1.29 is 4.74 Å². The second-order valence-corrected chi connectivity index (χ2v) is 3.90. The first-order chi connectivity index (χ1) is 7.13. The summed E-state index contributed by atoms with van der Waals surface area (Å²) < 4.78 is 5.51. The van der Waals surface area contributed by atoms with Crippen LogP contribution in [0.2, 0.25) is 0 Å². The van der Waals surface area contributed by atoms with Crippen LogP contribution in [0.1, 0.15) is 25.8 Å². The highest BCUT2D eigenvalue weighted by Crippen LogP contribution is 2.22. The van der Waals surface area contributed by atoms with Crippen LogP contribution < -0.4 is 10.5 Å². The predicted molar refractivity (Wildman–Crippen MR) is 60.5 cm³/mol. The first kappa shape index (κ1) is 11.4. The molecule has 3 heteroatoms. The Morgan fingerprint density at radius 1 is 1.47 bits per heavy atom. The Hall–Kier alpha value is -1.69. The fourth-order valence-electron chi connectivity index (χ4n) is 1.13. The zero-order valence-electron chi connectivity index (χ0n) is 9.16. The molecule has 0 saturated carbocycles. The molecule has 1 aromatic rings. The van der Waals surface area contributed by atoms with E-state index in [9.17, 15) is 0 Å². The molecule has 3 nitrogen and oxygen atoms in total. The fourth-order valence-corrected chi connectivity index (χ4v) is 1.13. The molecule has 0 saturated heterocycles. The van der Waals surface area contributed by atoms with Crippen molar-refractivity contribution in [2.45, 2.75) is 20.3 Å². The van der Waals surface area contributed by atoms with Crippen LogP contribution in [0.5, 0.6) is 5.75 Å². The van der Waals surface area contributed by atoms with Gasteiger partial charge in [0, 0.05) is 6.07 Å². The molecule has 0 spiro atoms. The number of nitrogens with two attached hydrogens (primary N) is 1. The summed E-state index contributed by atoms with van der Waals surface area (Å²) in [5, 5.41) is 8.72. The van der Waals surface area contributed by atoms with Crippen molar-refractivity contribution in [3.8, 4) is 11.8 Å². The number of nitrogen functional groups attached to an aromatic ring is 1. The SMILES string of the molecule is CC(C)CCOc1cc(C#N)ccc1N. The average molecular weight is 204 g/mol. The van der Waals surface area contributed by atoms with Crippen molar-refractivity contribution in [2.75, 3.05) is 12.3 Å². The van der Waals surface area contributed by atoms with Gasteiger partial charge in [0.1, 0.15) is 5.75 Å². The summed E-state index contributed by atoms with van der Waals surface area (Å²) >= 11 is 0. The Balaban J connectivity index is 2.64. The number of nitriles is 1. The molecule has 0 amide bonds. The van der Waals surface area contributed by atoms with Crippen LogP contribution in [-0.2, 0) is 0 Å². The van der Waals surface area contributed by atoms with Gasteiger partial charge in [-0.3, -0.25) is 0 Å². The summed E-state index contributed by atoms with van der Waals surface area (Å²) in [4.78, 5) is 0. The van der Waals surface area contributed by atoms with E-state index in [1.165, 1.54) is 0 Å². The number of nitrogens with zero attached hydrogens (tertiary/aromatic N) is 1. The van der Waals surface area contributed by atoms with Gasteiger partial charge in [0.25, 0.3) is 0 Å². The predicted octanol–water partition coefficient (Wildman–Crippen LogP) is 2.57. The molecule has 0 bridgehead atoms. The molecule has 2 N–H and O–H groups in total. The highest BCUT2D eigenvalue weighted by Gasteiger charge is 2.02. The van der Waals surface area contributed by atoms with Crippen molar-refractivity contribution in [2.24, 2.45) is 5.92 Å². The minimum atomic E-state index is 0.573. The number of benzene rings is 1. The second-order valence-electron chi connectivity index (χ2n) is 3.90. The smallest absolute Gasteiger partial charge is 0.143 e. The molecule has 0 fully saturated rings. The molecule has 0 aromatic heterocycles. The van der Waals surface area contributed by atoms with Gasteiger partial charge in [0.05, 0.1) is 23.9 Å². The van der Waals surface area contributed by atoms with Gasteiger partial charge in [-0.2, -0.15) is 5.26 Å². The van der Waals surface area contributed by atoms with Crippen LogP contribution in [0, 0.1) is 17.2 Å². The molecule has 0 radical (unpaired) electrons. The first-order valence-electron chi connectivity index (χ1n) is 5.06. The Kier molecular flexibility index (Phi) is 3.99. The molecular weight excluding hydrogens is 188 g/mol. The van der Waals surface area contributed by atoms with Crippen molar-refractivity contribution >= 4 is 5.69 Å². The van der Waals surface area contributed by atoms with E-state index < -0.39 is 0 Å². The van der Waals surface area contributed by atoms with Crippen molar-refractivity contribution in [1.29, 1.82) is 5.26 Å². The Morgan fingerprint density at radius 3 is 2.80 bits per heavy atom. The van der Waals surface area contributed by atoms with Gasteiger partial charge >= 0.3 is 0 Å². The molecule has 80 valence electrons. The maximum absolute atomic E-state index is 8.72. The Morgan fingerprint density at radius 2 is 2.20 bits per heavy atom. The molecule has 15 heavy (non-hydrogen) atoms. The van der Waals surface area contributed by atoms with E-state index in [2.05, 4.69) is 19.9 Å². The normalized spacial score (nSPS) is 10.0. The standard InChI is InChI=1S/C12H16N2O/c1-9(2)5-6-15-12-7-10(8-13)3-4-11(12)14/h3-4,7,9H,5-6,14H2,1-2H3. The van der Waals surface area contributed by atoms with Gasteiger partial charge in [-0.05, 0) is 24.5 Å². The summed E-state index contributed by atoms with van der Waals surface area (Å²) in [7, 11) is 0. The summed E-state index contributed by atoms with van der Waals surface area (Å²) in [5.74, 6) is 1.21. The molecule has 0 heterocycles. The lowest BCUT2D eigenvalue weighted by Crippen LogP contribution is -2.03. The monoisotopic (exact) mass is 204 g/mol. The van der Waals surface area contributed by atoms with Gasteiger partial charge in [0.2, 0.25) is 0 Å². The van der Waals surface area contributed by atoms with Crippen LogP contribution >= 0.6 is 0 Å². The number of ether oxygens (including phenoxy) is 1. The molecule has 1 aromatic carbocycles. The number of rotatable bonds is 4. The minimum absolute atomic E-state index is 0.573. The maximum Gasteiger partial charge on any atom is 0.143 e. The largest absolute Gasteiger partial charge is 0.491 e. The van der Waals surface area contributed by atoms with E-state index in [4.69, 9.17) is 15.7 Å². The fraction of sp³-hybridized carbons (Fsp3) is 0.417. The van der Waals surface area contributed by atoms with Crippen LogP contribution in [0.4, 0.5) is 5.69 Å². The highest BCUT2D eigenvalue weighted by molar-refractivity contribution is 5.55. The van der Waals surface area contributed by atoms with E-state index in [-0.39, 0.29) is 0 Å². The first-order valence-corrected chi connectivity index (χ1v) is 5.06. The van der Waals surface area contributed by atoms with E-state index in [0.29, 0.717) is 29.5 Å². The van der Waals surface area contributed by atoms with E-state index >= 15 is 0 Å². The molecule has 0 aliphatic carbocycles. The van der Waals surface area contributed by atoms with Crippen LogP contribution in [0.25, 0.3) is 0 Å². The van der Waals surface area contributed by atoms with Gasteiger partial charge in [-0.1, -0.05) is 13.8 Å². The Labute approximate surface area is 90.5 Å². The third-order valence-electron chi connectivity index (χ3n) is 2.10. The molecule has 0 aliphatic rings. The molecular formula is C12H16N2O. The third kappa shape index (κ3) is 3.51. The third-order valence-corrected chi connectivity index (χ3v) is 2.10. The number of hydrogen-bond acceptors (Lipinski definition) is 3. The van der Waals surface area contributed by atoms with Crippen molar-refractivity contribution in [1.82, 2.24) is 0 Å². The van der Waals surface area contributed by atoms with Crippen LogP contribution in [-0.4, -0.2) is 6.61 Å². The van der Waals surface area contributed by atoms with E-state index in [0.717, 1.165) is 6.42 Å². The molecule has 0 unspecified atom stereocenters. The topological polar surface area (TPSA) is 59.0 Å². The van der Waals surface area contributed by atoms with Gasteiger partial charge in [-0.25, -0.2) is 0 Å². The summed E-state index contributed by atoms with van der Waals surface area (Å²) in [5.41, 5.74) is 6.88. The summed E-state index contributed by atoms with van der Waals surface area (Å²) in [6, 6.07) is 7.12. The quantitative estimate of drug-likeness (QED) is 0.767. The van der Waals surface area contributed by atoms with Crippen molar-refractivity contribution in [3.05, 3.63) is 23.8 Å². The minimum Gasteiger partial charge on any atom is -0.491 e. The average Bonchev–Trinajstić information content (AvgIpc) is 2.20. The van der Waals surface area contributed by atoms with Crippen molar-refractivity contribution in [3.63, 3.8) is 0 Å². The van der Waals surface area contributed by atoms with Gasteiger partial charge in [0.15, 0.2) is 0 Å². The van der Waals surface area contributed by atoms with Gasteiger partial charge in [-0.15, -0.1) is 0 Å². The summed E-state index contributed by atoms with van der Waals surface area (Å²) in [6.45, 7) is 4.91. The van der Waals surface area contributed by atoms with Crippen LogP contribution in [0.15, 0.2) is 18.2 Å². The number of anilines is 1. The lowest BCUT2D eigenvalue weighted by molar-refractivity contribution is 0.291. The van der Waals surface area contributed by atoms with E-state index in [1.807, 2.05) is 0 Å². The molecule has 1 rings (SSSR count). The van der Waals surface area contributed by atoms with E-state index in [1.54, 1.807) is 18.2 Å².